The van der Waals surface area contributed by atoms with E-state index in [-0.39, 0.29) is 11.9 Å². The lowest BCUT2D eigenvalue weighted by Crippen LogP contribution is -2.32. The molecule has 0 aliphatic heterocycles. The van der Waals surface area contributed by atoms with E-state index in [9.17, 15) is 4.79 Å². The number of carbonyl (C=O) groups is 1. The minimum absolute atomic E-state index is 0.115. The van der Waals surface area contributed by atoms with E-state index < -0.39 is 0 Å². The molecule has 0 aliphatic rings. The van der Waals surface area contributed by atoms with Crippen LogP contribution < -0.4 is 5.32 Å². The molecule has 142 valence electrons. The Balaban J connectivity index is 1.72. The average Bonchev–Trinajstić information content (AvgIpc) is 3.27. The van der Waals surface area contributed by atoms with Crippen molar-refractivity contribution in [2.24, 2.45) is 0 Å². The highest BCUT2D eigenvalue weighted by Gasteiger charge is 2.16. The first-order chi connectivity index (χ1) is 13.0. The molecule has 1 aromatic carbocycles. The van der Waals surface area contributed by atoms with Gasteiger partial charge in [-0.3, -0.25) is 9.36 Å². The van der Waals surface area contributed by atoms with Gasteiger partial charge in [-0.05, 0) is 38.8 Å². The van der Waals surface area contributed by atoms with Gasteiger partial charge in [0, 0.05) is 11.4 Å². The lowest BCUT2D eigenvalue weighted by molar-refractivity contribution is 0.0935. The monoisotopic (exact) mass is 401 g/mol. The second-order valence-corrected chi connectivity index (χ2v) is 8.23. The molecule has 27 heavy (non-hydrogen) atoms. The standard InChI is InChI=1S/C19H23N5OS2/c1-5-13(3)20-18(25)15-10-26-17(21-15)11-27-19-23-22-14(4)24(19)16-9-7-6-8-12(16)2/h6-10,13H,5,11H2,1-4H3,(H,20,25). The predicted octanol–water partition coefficient (Wildman–Crippen LogP) is 4.16. The quantitative estimate of drug-likeness (QED) is 0.602. The van der Waals surface area contributed by atoms with Crippen molar-refractivity contribution in [1.82, 2.24) is 25.1 Å². The maximum absolute atomic E-state index is 12.2. The number of rotatable bonds is 7. The Labute approximate surface area is 167 Å². The Kier molecular flexibility index (Phi) is 6.28. The zero-order chi connectivity index (χ0) is 19.4. The van der Waals surface area contributed by atoms with Gasteiger partial charge >= 0.3 is 0 Å². The zero-order valence-corrected chi connectivity index (χ0v) is 17.5. The molecule has 1 unspecified atom stereocenters. The number of aromatic nitrogens is 4. The molecule has 1 amide bonds. The van der Waals surface area contributed by atoms with Gasteiger partial charge in [-0.1, -0.05) is 36.9 Å². The van der Waals surface area contributed by atoms with Crippen LogP contribution in [0.4, 0.5) is 0 Å². The average molecular weight is 402 g/mol. The number of nitrogens with zero attached hydrogens (tertiary/aromatic N) is 4. The molecule has 0 aliphatic carbocycles. The summed E-state index contributed by atoms with van der Waals surface area (Å²) in [6.45, 7) is 8.05. The van der Waals surface area contributed by atoms with Crippen molar-refractivity contribution >= 4 is 29.0 Å². The van der Waals surface area contributed by atoms with E-state index in [0.717, 1.165) is 28.1 Å². The Bertz CT molecular complexity index is 934. The van der Waals surface area contributed by atoms with Gasteiger partial charge in [0.1, 0.15) is 16.5 Å². The van der Waals surface area contributed by atoms with Crippen LogP contribution in [0, 0.1) is 13.8 Å². The van der Waals surface area contributed by atoms with Gasteiger partial charge in [-0.15, -0.1) is 21.5 Å². The van der Waals surface area contributed by atoms with Crippen molar-refractivity contribution in [3.8, 4) is 5.69 Å². The second kappa shape index (κ2) is 8.67. The number of hydrogen-bond donors (Lipinski definition) is 1. The van der Waals surface area contributed by atoms with Gasteiger partial charge in [-0.25, -0.2) is 4.98 Å². The van der Waals surface area contributed by atoms with E-state index >= 15 is 0 Å². The van der Waals surface area contributed by atoms with Crippen LogP contribution in [0.25, 0.3) is 5.69 Å². The Morgan fingerprint density at radius 2 is 2.07 bits per heavy atom. The molecule has 8 heteroatoms. The van der Waals surface area contributed by atoms with Gasteiger partial charge in [0.2, 0.25) is 0 Å². The van der Waals surface area contributed by atoms with Crippen LogP contribution in [0.15, 0.2) is 34.8 Å². The van der Waals surface area contributed by atoms with Crippen molar-refractivity contribution < 1.29 is 4.79 Å². The fourth-order valence-electron chi connectivity index (χ4n) is 2.54. The third-order valence-corrected chi connectivity index (χ3v) is 6.22. The fraction of sp³-hybridized carbons (Fsp3) is 0.368. The van der Waals surface area contributed by atoms with Crippen LogP contribution >= 0.6 is 23.1 Å². The number of benzene rings is 1. The van der Waals surface area contributed by atoms with Gasteiger partial charge < -0.3 is 5.32 Å². The summed E-state index contributed by atoms with van der Waals surface area (Å²) in [5.74, 6) is 1.38. The molecular weight excluding hydrogens is 378 g/mol. The Morgan fingerprint density at radius 3 is 2.81 bits per heavy atom. The summed E-state index contributed by atoms with van der Waals surface area (Å²) in [7, 11) is 0. The summed E-state index contributed by atoms with van der Waals surface area (Å²) in [5, 5.41) is 15.0. The van der Waals surface area contributed by atoms with Crippen LogP contribution in [0.1, 0.15) is 47.2 Å². The molecule has 2 aromatic heterocycles. The first-order valence-corrected chi connectivity index (χ1v) is 10.7. The largest absolute Gasteiger partial charge is 0.348 e. The molecule has 0 radical (unpaired) electrons. The zero-order valence-electron chi connectivity index (χ0n) is 15.9. The number of nitrogens with one attached hydrogen (secondary N) is 1. The third kappa shape index (κ3) is 4.56. The first-order valence-electron chi connectivity index (χ1n) is 8.85. The number of para-hydroxylation sites is 1. The van der Waals surface area contributed by atoms with E-state index in [1.165, 1.54) is 16.9 Å². The normalized spacial score (nSPS) is 12.1. The SMILES string of the molecule is CCC(C)NC(=O)c1csc(CSc2nnc(C)n2-c2ccccc2C)n1. The summed E-state index contributed by atoms with van der Waals surface area (Å²) < 4.78 is 2.06. The van der Waals surface area contributed by atoms with Gasteiger partial charge in [-0.2, -0.15) is 0 Å². The number of amides is 1. The molecule has 3 rings (SSSR count). The highest BCUT2D eigenvalue weighted by molar-refractivity contribution is 7.98. The van der Waals surface area contributed by atoms with Crippen LogP contribution in [0.3, 0.4) is 0 Å². The molecule has 0 bridgehead atoms. The number of hydrogen-bond acceptors (Lipinski definition) is 6. The molecule has 1 N–H and O–H groups in total. The van der Waals surface area contributed by atoms with Crippen molar-refractivity contribution in [3.63, 3.8) is 0 Å². The summed E-state index contributed by atoms with van der Waals surface area (Å²) in [6, 6.07) is 8.32. The van der Waals surface area contributed by atoms with E-state index in [0.29, 0.717) is 11.4 Å². The highest BCUT2D eigenvalue weighted by Crippen LogP contribution is 2.27. The van der Waals surface area contributed by atoms with Crippen LogP contribution in [0.2, 0.25) is 0 Å². The highest BCUT2D eigenvalue weighted by atomic mass is 32.2. The van der Waals surface area contributed by atoms with Crippen molar-refractivity contribution in [2.45, 2.75) is 51.1 Å². The molecule has 3 aromatic rings. The lowest BCUT2D eigenvalue weighted by Gasteiger charge is -2.10. The van der Waals surface area contributed by atoms with Crippen LogP contribution in [-0.4, -0.2) is 31.7 Å². The van der Waals surface area contributed by atoms with Gasteiger partial charge in [0.15, 0.2) is 5.16 Å². The lowest BCUT2D eigenvalue weighted by atomic mass is 10.2. The van der Waals surface area contributed by atoms with Crippen molar-refractivity contribution in [2.75, 3.05) is 0 Å². The van der Waals surface area contributed by atoms with Crippen molar-refractivity contribution in [3.05, 3.63) is 51.7 Å². The molecular formula is C19H23N5OS2. The Hall–Kier alpha value is -2.19. The first kappa shape index (κ1) is 19.6. The molecule has 0 fully saturated rings. The molecule has 0 spiro atoms. The van der Waals surface area contributed by atoms with Crippen molar-refractivity contribution in [1.29, 1.82) is 0 Å². The number of aryl methyl sites for hydroxylation is 2. The molecule has 2 heterocycles. The second-order valence-electron chi connectivity index (χ2n) is 6.35. The summed E-state index contributed by atoms with van der Waals surface area (Å²) in [4.78, 5) is 16.6. The van der Waals surface area contributed by atoms with E-state index in [2.05, 4.69) is 44.1 Å². The number of carbonyl (C=O) groups excluding carboxylic acids is 1. The smallest absolute Gasteiger partial charge is 0.270 e. The maximum atomic E-state index is 12.2. The summed E-state index contributed by atoms with van der Waals surface area (Å²) in [5.41, 5.74) is 2.73. The molecule has 0 saturated heterocycles. The number of thiazole rings is 1. The maximum Gasteiger partial charge on any atom is 0.270 e. The van der Waals surface area contributed by atoms with Crippen LogP contribution in [0.5, 0.6) is 0 Å². The topological polar surface area (TPSA) is 72.7 Å². The van der Waals surface area contributed by atoms with Crippen LogP contribution in [-0.2, 0) is 5.75 Å². The molecule has 6 nitrogen and oxygen atoms in total. The van der Waals surface area contributed by atoms with E-state index in [1.807, 2.05) is 38.3 Å². The number of thioether (sulfide) groups is 1. The van der Waals surface area contributed by atoms with Gasteiger partial charge in [0.05, 0.1) is 11.4 Å². The minimum Gasteiger partial charge on any atom is -0.348 e. The van der Waals surface area contributed by atoms with Gasteiger partial charge in [0.25, 0.3) is 5.91 Å². The molecule has 0 saturated carbocycles. The predicted molar refractivity (Wildman–Crippen MR) is 110 cm³/mol. The summed E-state index contributed by atoms with van der Waals surface area (Å²) >= 11 is 3.07. The molecule has 1 atom stereocenters. The Morgan fingerprint density at radius 1 is 1.30 bits per heavy atom. The van der Waals surface area contributed by atoms with E-state index in [4.69, 9.17) is 0 Å². The minimum atomic E-state index is -0.115. The fourth-order valence-corrected chi connectivity index (χ4v) is 4.32. The van der Waals surface area contributed by atoms with E-state index in [1.54, 1.807) is 11.8 Å². The summed E-state index contributed by atoms with van der Waals surface area (Å²) in [6.07, 6.45) is 0.895. The third-order valence-electron chi connectivity index (χ3n) is 4.25.